The number of fused-ring (bicyclic) bond motifs is 1. The smallest absolute Gasteiger partial charge is 0.00898 e. The van der Waals surface area contributed by atoms with Gasteiger partial charge in [0.2, 0.25) is 0 Å². The topological polar surface area (TPSA) is 26.0 Å². The third kappa shape index (κ3) is 1.14. The first kappa shape index (κ1) is 6.47. The van der Waals surface area contributed by atoms with Gasteiger partial charge in [-0.2, -0.15) is 0 Å². The van der Waals surface area contributed by atoms with Crippen LogP contribution in [0.4, 0.5) is 0 Å². The molecule has 56 valence electrons. The molecule has 2 aliphatic rings. The maximum atomic E-state index is 5.70. The Morgan fingerprint density at radius 3 is 3.09 bits per heavy atom. The van der Waals surface area contributed by atoms with E-state index in [2.05, 4.69) is 30.4 Å². The zero-order valence-corrected chi connectivity index (χ0v) is 6.33. The highest BCUT2D eigenvalue weighted by molar-refractivity contribution is 5.39. The van der Waals surface area contributed by atoms with Gasteiger partial charge in [0.15, 0.2) is 0 Å². The first-order valence-corrected chi connectivity index (χ1v) is 3.87. The molecule has 0 aromatic heterocycles. The molecule has 2 rings (SSSR count). The standard InChI is InChI=1S/C10H11N/c11-10-6-5-8-3-1-2-4-9(8)7-10/h1-6,9H,7,11H2. The molecule has 2 aliphatic carbocycles. The monoisotopic (exact) mass is 145 g/mol. The van der Waals surface area contributed by atoms with Crippen molar-refractivity contribution in [2.45, 2.75) is 6.42 Å². The minimum Gasteiger partial charge on any atom is -0.402 e. The SMILES string of the molecule is NC1=CC=C2C=CC=CC2C1. The second-order valence-corrected chi connectivity index (χ2v) is 2.96. The Balaban J connectivity index is 2.33. The number of nitrogens with two attached hydrogens (primary N) is 1. The predicted molar refractivity (Wildman–Crippen MR) is 46.7 cm³/mol. The van der Waals surface area contributed by atoms with Crippen LogP contribution in [0.15, 0.2) is 47.7 Å². The molecule has 0 amide bonds. The minimum atomic E-state index is 0.532. The van der Waals surface area contributed by atoms with E-state index in [0.717, 1.165) is 12.1 Å². The maximum Gasteiger partial charge on any atom is 0.00898 e. The van der Waals surface area contributed by atoms with Crippen molar-refractivity contribution >= 4 is 0 Å². The van der Waals surface area contributed by atoms with Gasteiger partial charge in [-0.15, -0.1) is 0 Å². The fourth-order valence-corrected chi connectivity index (χ4v) is 1.49. The molecule has 0 aromatic carbocycles. The lowest BCUT2D eigenvalue weighted by Crippen LogP contribution is -2.11. The van der Waals surface area contributed by atoms with Gasteiger partial charge in [-0.3, -0.25) is 0 Å². The summed E-state index contributed by atoms with van der Waals surface area (Å²) in [5.74, 6) is 0.532. The average Bonchev–Trinajstić information content (AvgIpc) is 2.04. The molecule has 1 heteroatoms. The molecule has 0 aromatic rings. The van der Waals surface area contributed by atoms with E-state index in [9.17, 15) is 0 Å². The van der Waals surface area contributed by atoms with E-state index in [0.29, 0.717) is 5.92 Å². The quantitative estimate of drug-likeness (QED) is 0.553. The van der Waals surface area contributed by atoms with Gasteiger partial charge in [0.25, 0.3) is 0 Å². The Morgan fingerprint density at radius 1 is 1.27 bits per heavy atom. The molecule has 1 nitrogen and oxygen atoms in total. The summed E-state index contributed by atoms with van der Waals surface area (Å²) in [5, 5.41) is 0. The summed E-state index contributed by atoms with van der Waals surface area (Å²) >= 11 is 0. The van der Waals surface area contributed by atoms with E-state index in [4.69, 9.17) is 5.73 Å². The van der Waals surface area contributed by atoms with Gasteiger partial charge < -0.3 is 5.73 Å². The lowest BCUT2D eigenvalue weighted by Gasteiger charge is -2.19. The molecule has 0 heterocycles. The Hall–Kier alpha value is -1.24. The molecule has 1 unspecified atom stereocenters. The zero-order chi connectivity index (χ0) is 7.68. The van der Waals surface area contributed by atoms with Gasteiger partial charge in [0, 0.05) is 11.6 Å². The second-order valence-electron chi connectivity index (χ2n) is 2.96. The van der Waals surface area contributed by atoms with Crippen LogP contribution in [0, 0.1) is 5.92 Å². The van der Waals surface area contributed by atoms with E-state index < -0.39 is 0 Å². The van der Waals surface area contributed by atoms with Crippen molar-refractivity contribution < 1.29 is 0 Å². The average molecular weight is 145 g/mol. The van der Waals surface area contributed by atoms with Crippen LogP contribution >= 0.6 is 0 Å². The van der Waals surface area contributed by atoms with Gasteiger partial charge in [-0.05, 0) is 18.1 Å². The number of hydrogen-bond acceptors (Lipinski definition) is 1. The lowest BCUT2D eigenvalue weighted by molar-refractivity contribution is 0.739. The highest BCUT2D eigenvalue weighted by atomic mass is 14.6. The van der Waals surface area contributed by atoms with Gasteiger partial charge >= 0.3 is 0 Å². The van der Waals surface area contributed by atoms with Crippen molar-refractivity contribution in [2.24, 2.45) is 11.7 Å². The van der Waals surface area contributed by atoms with Gasteiger partial charge in [0.05, 0.1) is 0 Å². The predicted octanol–water partition coefficient (Wildman–Crippen LogP) is 1.90. The first-order chi connectivity index (χ1) is 5.36. The Bertz CT molecular complexity index is 279. The highest BCUT2D eigenvalue weighted by Crippen LogP contribution is 2.27. The van der Waals surface area contributed by atoms with Crippen LogP contribution in [-0.2, 0) is 0 Å². The summed E-state index contributed by atoms with van der Waals surface area (Å²) in [4.78, 5) is 0. The molecule has 11 heavy (non-hydrogen) atoms. The van der Waals surface area contributed by atoms with Crippen molar-refractivity contribution in [3.63, 3.8) is 0 Å². The molecule has 0 radical (unpaired) electrons. The van der Waals surface area contributed by atoms with Crippen molar-refractivity contribution in [3.8, 4) is 0 Å². The minimum absolute atomic E-state index is 0.532. The lowest BCUT2D eigenvalue weighted by atomic mass is 9.87. The third-order valence-electron chi connectivity index (χ3n) is 2.12. The third-order valence-corrected chi connectivity index (χ3v) is 2.12. The van der Waals surface area contributed by atoms with Gasteiger partial charge in [0.1, 0.15) is 0 Å². The van der Waals surface area contributed by atoms with E-state index in [-0.39, 0.29) is 0 Å². The van der Waals surface area contributed by atoms with E-state index in [1.54, 1.807) is 0 Å². The zero-order valence-electron chi connectivity index (χ0n) is 6.33. The van der Waals surface area contributed by atoms with E-state index in [1.807, 2.05) is 6.08 Å². The molecule has 0 saturated heterocycles. The van der Waals surface area contributed by atoms with E-state index >= 15 is 0 Å². The van der Waals surface area contributed by atoms with Crippen molar-refractivity contribution in [1.29, 1.82) is 0 Å². The Labute approximate surface area is 66.6 Å². The first-order valence-electron chi connectivity index (χ1n) is 3.87. The van der Waals surface area contributed by atoms with Crippen molar-refractivity contribution in [1.82, 2.24) is 0 Å². The largest absolute Gasteiger partial charge is 0.402 e. The maximum absolute atomic E-state index is 5.70. The molecule has 0 spiro atoms. The number of rotatable bonds is 0. The van der Waals surface area contributed by atoms with Crippen molar-refractivity contribution in [3.05, 3.63) is 47.7 Å². The van der Waals surface area contributed by atoms with Gasteiger partial charge in [-0.25, -0.2) is 0 Å². The summed E-state index contributed by atoms with van der Waals surface area (Å²) in [7, 11) is 0. The Kier molecular flexibility index (Phi) is 1.42. The molecule has 0 fully saturated rings. The summed E-state index contributed by atoms with van der Waals surface area (Å²) < 4.78 is 0. The summed E-state index contributed by atoms with van der Waals surface area (Å²) in [6.45, 7) is 0. The van der Waals surface area contributed by atoms with Crippen LogP contribution in [0.5, 0.6) is 0 Å². The number of allylic oxidation sites excluding steroid dienone is 8. The summed E-state index contributed by atoms with van der Waals surface area (Å²) in [5.41, 5.74) is 8.06. The van der Waals surface area contributed by atoms with Crippen molar-refractivity contribution in [2.75, 3.05) is 0 Å². The number of hydrogen-bond donors (Lipinski definition) is 1. The Morgan fingerprint density at radius 2 is 2.18 bits per heavy atom. The summed E-state index contributed by atoms with van der Waals surface area (Å²) in [6, 6.07) is 0. The van der Waals surface area contributed by atoms with Crippen LogP contribution in [0.3, 0.4) is 0 Å². The van der Waals surface area contributed by atoms with Crippen LogP contribution in [-0.4, -0.2) is 0 Å². The van der Waals surface area contributed by atoms with Crippen LogP contribution in [0.2, 0.25) is 0 Å². The molecular formula is C10H11N. The fraction of sp³-hybridized carbons (Fsp3) is 0.200. The van der Waals surface area contributed by atoms with Crippen LogP contribution in [0.1, 0.15) is 6.42 Å². The van der Waals surface area contributed by atoms with Crippen LogP contribution in [0.25, 0.3) is 0 Å². The second kappa shape index (κ2) is 2.42. The van der Waals surface area contributed by atoms with E-state index in [1.165, 1.54) is 5.57 Å². The van der Waals surface area contributed by atoms with Crippen LogP contribution < -0.4 is 5.73 Å². The fourth-order valence-electron chi connectivity index (χ4n) is 1.49. The van der Waals surface area contributed by atoms with Gasteiger partial charge in [-0.1, -0.05) is 30.4 Å². The summed E-state index contributed by atoms with van der Waals surface area (Å²) in [6.07, 6.45) is 13.6. The molecule has 2 N–H and O–H groups in total. The molecule has 0 bridgehead atoms. The highest BCUT2D eigenvalue weighted by Gasteiger charge is 2.14. The molecule has 1 atom stereocenters. The molecule has 0 aliphatic heterocycles. The normalized spacial score (nSPS) is 27.5. The molecule has 0 saturated carbocycles. The molecular weight excluding hydrogens is 134 g/mol.